The van der Waals surface area contributed by atoms with Crippen LogP contribution < -0.4 is 5.32 Å². The number of aliphatic carboxylic acids is 1. The van der Waals surface area contributed by atoms with E-state index in [2.05, 4.69) is 15.0 Å². The minimum absolute atomic E-state index is 0.140. The Hall–Kier alpha value is -2.11. The van der Waals surface area contributed by atoms with E-state index in [1.54, 1.807) is 6.07 Å². The molecule has 1 rings (SSSR count). The van der Waals surface area contributed by atoms with Crippen LogP contribution in [0, 0.1) is 0 Å². The molecule has 0 aliphatic carbocycles. The molecule has 0 spiro atoms. The summed E-state index contributed by atoms with van der Waals surface area (Å²) in [6.45, 7) is 0. The number of carboxylic acids is 1. The van der Waals surface area contributed by atoms with Crippen LogP contribution in [-0.2, 0) is 16.0 Å². The molecule has 80 valence electrons. The van der Waals surface area contributed by atoms with Gasteiger partial charge in [-0.15, -0.1) is 0 Å². The summed E-state index contributed by atoms with van der Waals surface area (Å²) in [5.74, 6) is -0.948. The van der Waals surface area contributed by atoms with Crippen LogP contribution in [0.2, 0.25) is 0 Å². The Morgan fingerprint density at radius 1 is 1.53 bits per heavy atom. The Kier molecular flexibility index (Phi) is 3.61. The van der Waals surface area contributed by atoms with Crippen molar-refractivity contribution in [2.75, 3.05) is 12.4 Å². The number of nitrogens with one attached hydrogen (secondary N) is 1. The van der Waals surface area contributed by atoms with E-state index in [0.717, 1.165) is 0 Å². The highest BCUT2D eigenvalue weighted by atomic mass is 16.5. The Labute approximate surface area is 85.9 Å². The monoisotopic (exact) mass is 210 g/mol. The van der Waals surface area contributed by atoms with Gasteiger partial charge < -0.3 is 9.84 Å². The molecule has 0 saturated carbocycles. The molecule has 0 atom stereocenters. The number of carbonyl (C=O) groups is 2. The van der Waals surface area contributed by atoms with Gasteiger partial charge in [0.25, 0.3) is 0 Å². The van der Waals surface area contributed by atoms with Crippen LogP contribution in [0.4, 0.5) is 10.5 Å². The molecular formula is C9H10N2O4. The summed E-state index contributed by atoms with van der Waals surface area (Å²) in [4.78, 5) is 25.0. The third kappa shape index (κ3) is 3.63. The fourth-order valence-corrected chi connectivity index (χ4v) is 0.927. The van der Waals surface area contributed by atoms with Crippen LogP contribution in [0.1, 0.15) is 5.69 Å². The highest BCUT2D eigenvalue weighted by Crippen LogP contribution is 2.06. The molecule has 1 aromatic heterocycles. The molecule has 6 nitrogen and oxygen atoms in total. The minimum Gasteiger partial charge on any atom is -0.481 e. The molecule has 0 fully saturated rings. The van der Waals surface area contributed by atoms with Crippen LogP contribution in [0.25, 0.3) is 0 Å². The molecule has 2 N–H and O–H groups in total. The van der Waals surface area contributed by atoms with Crippen LogP contribution in [0.3, 0.4) is 0 Å². The molecule has 0 bridgehead atoms. The van der Waals surface area contributed by atoms with Gasteiger partial charge in [0, 0.05) is 0 Å². The Bertz CT molecular complexity index is 361. The van der Waals surface area contributed by atoms with Crippen LogP contribution in [0.15, 0.2) is 18.3 Å². The quantitative estimate of drug-likeness (QED) is 0.773. The van der Waals surface area contributed by atoms with Crippen molar-refractivity contribution in [2.45, 2.75) is 6.42 Å². The zero-order valence-electron chi connectivity index (χ0n) is 8.06. The van der Waals surface area contributed by atoms with E-state index in [0.29, 0.717) is 11.4 Å². The molecule has 0 aromatic carbocycles. The van der Waals surface area contributed by atoms with Gasteiger partial charge in [-0.1, -0.05) is 0 Å². The number of hydrogen-bond donors (Lipinski definition) is 2. The lowest BCUT2D eigenvalue weighted by Gasteiger charge is -2.03. The molecule has 0 radical (unpaired) electrons. The highest BCUT2D eigenvalue weighted by Gasteiger charge is 2.03. The number of nitrogens with zero attached hydrogens (tertiary/aromatic N) is 1. The van der Waals surface area contributed by atoms with Gasteiger partial charge >= 0.3 is 12.1 Å². The number of pyridine rings is 1. The van der Waals surface area contributed by atoms with E-state index in [4.69, 9.17) is 5.11 Å². The van der Waals surface area contributed by atoms with E-state index in [9.17, 15) is 9.59 Å². The molecule has 1 aromatic rings. The van der Waals surface area contributed by atoms with Gasteiger partial charge in [0.2, 0.25) is 0 Å². The van der Waals surface area contributed by atoms with Gasteiger partial charge in [0.1, 0.15) is 0 Å². The zero-order chi connectivity index (χ0) is 11.3. The summed E-state index contributed by atoms with van der Waals surface area (Å²) in [5.41, 5.74) is 0.883. The Balaban J connectivity index is 2.64. The lowest BCUT2D eigenvalue weighted by molar-refractivity contribution is -0.136. The van der Waals surface area contributed by atoms with Gasteiger partial charge in [-0.3, -0.25) is 15.1 Å². The smallest absolute Gasteiger partial charge is 0.411 e. The summed E-state index contributed by atoms with van der Waals surface area (Å²) in [6.07, 6.45) is 0.635. The molecular weight excluding hydrogens is 200 g/mol. The maximum atomic E-state index is 10.8. The summed E-state index contributed by atoms with van der Waals surface area (Å²) in [6, 6.07) is 3.08. The van der Waals surface area contributed by atoms with Gasteiger partial charge in [0.15, 0.2) is 0 Å². The fraction of sp³-hybridized carbons (Fsp3) is 0.222. The number of rotatable bonds is 3. The van der Waals surface area contributed by atoms with Crippen molar-refractivity contribution in [1.82, 2.24) is 4.98 Å². The maximum Gasteiger partial charge on any atom is 0.411 e. The average Bonchev–Trinajstić information content (AvgIpc) is 2.20. The predicted octanol–water partition coefficient (Wildman–Crippen LogP) is 0.887. The number of aromatic nitrogens is 1. The molecule has 15 heavy (non-hydrogen) atoms. The molecule has 0 saturated heterocycles. The number of carboxylic acid groups (broad SMARTS) is 1. The van der Waals surface area contributed by atoms with Crippen molar-refractivity contribution in [3.63, 3.8) is 0 Å². The van der Waals surface area contributed by atoms with Gasteiger partial charge in [-0.25, -0.2) is 4.79 Å². The number of carbonyl (C=O) groups excluding carboxylic acids is 1. The van der Waals surface area contributed by atoms with E-state index in [-0.39, 0.29) is 6.42 Å². The molecule has 0 aliphatic rings. The third-order valence-corrected chi connectivity index (χ3v) is 1.59. The first kappa shape index (κ1) is 11.0. The second-order valence-electron chi connectivity index (χ2n) is 2.73. The van der Waals surface area contributed by atoms with E-state index in [1.165, 1.54) is 19.4 Å². The normalized spacial score (nSPS) is 9.40. The predicted molar refractivity (Wildman–Crippen MR) is 51.6 cm³/mol. The summed E-state index contributed by atoms with van der Waals surface area (Å²) in [7, 11) is 1.25. The summed E-state index contributed by atoms with van der Waals surface area (Å²) < 4.78 is 4.38. The zero-order valence-corrected chi connectivity index (χ0v) is 8.06. The van der Waals surface area contributed by atoms with Crippen LogP contribution in [-0.4, -0.2) is 29.3 Å². The maximum absolute atomic E-state index is 10.8. The first-order valence-corrected chi connectivity index (χ1v) is 4.13. The summed E-state index contributed by atoms with van der Waals surface area (Å²) >= 11 is 0. The van der Waals surface area contributed by atoms with Crippen molar-refractivity contribution >= 4 is 17.7 Å². The standard InChI is InChI=1S/C9H10N2O4/c1-15-9(14)11-7-3-2-6(10-5-7)4-8(12)13/h2-3,5H,4H2,1H3,(H,11,14)(H,12,13). The molecule has 0 unspecified atom stereocenters. The molecule has 0 aliphatic heterocycles. The van der Waals surface area contributed by atoms with Crippen LogP contribution >= 0.6 is 0 Å². The van der Waals surface area contributed by atoms with Gasteiger partial charge in [-0.2, -0.15) is 0 Å². The van der Waals surface area contributed by atoms with E-state index < -0.39 is 12.1 Å². The van der Waals surface area contributed by atoms with Gasteiger partial charge in [-0.05, 0) is 12.1 Å². The summed E-state index contributed by atoms with van der Waals surface area (Å²) in [5, 5.41) is 10.9. The Morgan fingerprint density at radius 2 is 2.27 bits per heavy atom. The van der Waals surface area contributed by atoms with Crippen molar-refractivity contribution in [3.8, 4) is 0 Å². The van der Waals surface area contributed by atoms with E-state index in [1.807, 2.05) is 0 Å². The van der Waals surface area contributed by atoms with Crippen molar-refractivity contribution in [1.29, 1.82) is 0 Å². The van der Waals surface area contributed by atoms with Crippen molar-refractivity contribution in [3.05, 3.63) is 24.0 Å². The number of methoxy groups -OCH3 is 1. The van der Waals surface area contributed by atoms with E-state index >= 15 is 0 Å². The van der Waals surface area contributed by atoms with Gasteiger partial charge in [0.05, 0.1) is 31.1 Å². The average molecular weight is 210 g/mol. The highest BCUT2D eigenvalue weighted by molar-refractivity contribution is 5.84. The lowest BCUT2D eigenvalue weighted by Crippen LogP contribution is -2.11. The second kappa shape index (κ2) is 4.94. The number of hydrogen-bond acceptors (Lipinski definition) is 4. The molecule has 1 heterocycles. The number of ether oxygens (including phenoxy) is 1. The number of anilines is 1. The molecule has 1 amide bonds. The first-order valence-electron chi connectivity index (χ1n) is 4.13. The van der Waals surface area contributed by atoms with Crippen molar-refractivity contribution < 1.29 is 19.4 Å². The lowest BCUT2D eigenvalue weighted by atomic mass is 10.2. The minimum atomic E-state index is -0.948. The molecule has 6 heteroatoms. The van der Waals surface area contributed by atoms with Crippen molar-refractivity contribution in [2.24, 2.45) is 0 Å². The SMILES string of the molecule is COC(=O)Nc1ccc(CC(=O)O)nc1. The topological polar surface area (TPSA) is 88.5 Å². The second-order valence-corrected chi connectivity index (χ2v) is 2.73. The first-order chi connectivity index (χ1) is 7.11. The largest absolute Gasteiger partial charge is 0.481 e. The third-order valence-electron chi connectivity index (χ3n) is 1.59. The van der Waals surface area contributed by atoms with Crippen LogP contribution in [0.5, 0.6) is 0 Å². The fourth-order valence-electron chi connectivity index (χ4n) is 0.927. The number of amides is 1. The Morgan fingerprint density at radius 3 is 2.73 bits per heavy atom.